The lowest BCUT2D eigenvalue weighted by Gasteiger charge is -2.19. The van der Waals surface area contributed by atoms with Crippen molar-refractivity contribution in [2.24, 2.45) is 4.99 Å². The summed E-state index contributed by atoms with van der Waals surface area (Å²) in [5.74, 6) is 0.274. The first-order chi connectivity index (χ1) is 16.9. The predicted molar refractivity (Wildman–Crippen MR) is 136 cm³/mol. The van der Waals surface area contributed by atoms with Crippen molar-refractivity contribution >= 4 is 21.7 Å². The zero-order valence-electron chi connectivity index (χ0n) is 19.3. The first kappa shape index (κ1) is 24.4. The third kappa shape index (κ3) is 5.87. The van der Waals surface area contributed by atoms with Crippen molar-refractivity contribution in [3.05, 3.63) is 107 Å². The Morgan fingerprint density at radius 1 is 1.09 bits per heavy atom. The number of fused-ring (bicyclic) bond motifs is 1. The van der Waals surface area contributed by atoms with Gasteiger partial charge in [0, 0.05) is 12.1 Å². The Hall–Kier alpha value is -3.71. The molecular weight excluding hydrogens is 462 g/mol. The van der Waals surface area contributed by atoms with Crippen LogP contribution in [0, 0.1) is 6.57 Å². The average Bonchev–Trinajstić information content (AvgIpc) is 3.17. The van der Waals surface area contributed by atoms with Gasteiger partial charge in [-0.1, -0.05) is 60.9 Å². The molecule has 0 bridgehead atoms. The molecule has 8 nitrogen and oxygen atoms in total. The van der Waals surface area contributed by atoms with E-state index in [1.165, 1.54) is 0 Å². The number of aliphatic hydroxyl groups is 1. The Kier molecular flexibility index (Phi) is 7.46. The van der Waals surface area contributed by atoms with Gasteiger partial charge in [0.1, 0.15) is 0 Å². The van der Waals surface area contributed by atoms with E-state index in [9.17, 15) is 13.5 Å². The fourth-order valence-electron chi connectivity index (χ4n) is 4.03. The normalized spacial score (nSPS) is 17.5. The summed E-state index contributed by atoms with van der Waals surface area (Å²) in [5, 5.41) is 13.7. The minimum atomic E-state index is -3.83. The van der Waals surface area contributed by atoms with E-state index in [1.807, 2.05) is 49.4 Å². The Balaban J connectivity index is 1.54. The highest BCUT2D eigenvalue weighted by Crippen LogP contribution is 2.34. The summed E-state index contributed by atoms with van der Waals surface area (Å²) in [6.07, 6.45) is 0.266. The minimum absolute atomic E-state index is 0.154. The molecule has 9 heteroatoms. The Bertz CT molecular complexity index is 1350. The molecule has 2 atom stereocenters. The van der Waals surface area contributed by atoms with E-state index in [1.54, 1.807) is 30.3 Å². The lowest BCUT2D eigenvalue weighted by Crippen LogP contribution is -2.34. The standard InChI is InChI=1S/C26H27N5O3S/c1-3-18-9-13-22(14-10-18)35(33,34)31-25-23-16-21(12-11-20(23)15-24(25)32)29-26(30-27-2)28-17-19-7-5-4-6-8-19/h4-14,16,24-25,31-32H,3,15,17H2,1H3,(H2,28,29,30)/t24-,25-/m1/s1. The maximum absolute atomic E-state index is 13.0. The molecule has 0 radical (unpaired) electrons. The largest absolute Gasteiger partial charge is 0.391 e. The summed E-state index contributed by atoms with van der Waals surface area (Å²) in [6, 6.07) is 21.0. The van der Waals surface area contributed by atoms with Gasteiger partial charge >= 0.3 is 0 Å². The van der Waals surface area contributed by atoms with Crippen LogP contribution in [-0.2, 0) is 29.4 Å². The van der Waals surface area contributed by atoms with Gasteiger partial charge in [-0.05, 0) is 52.9 Å². The molecule has 0 aliphatic heterocycles. The molecule has 0 aromatic heterocycles. The van der Waals surface area contributed by atoms with Crippen LogP contribution in [0.25, 0.3) is 4.95 Å². The molecule has 0 saturated carbocycles. The zero-order chi connectivity index (χ0) is 24.8. The van der Waals surface area contributed by atoms with E-state index in [0.717, 1.165) is 23.1 Å². The summed E-state index contributed by atoms with van der Waals surface area (Å²) in [4.78, 5) is 7.81. The number of aryl methyl sites for hydroxylation is 1. The predicted octanol–water partition coefficient (Wildman–Crippen LogP) is 3.58. The van der Waals surface area contributed by atoms with Crippen LogP contribution < -0.4 is 15.5 Å². The number of sulfonamides is 1. The van der Waals surface area contributed by atoms with Crippen molar-refractivity contribution in [3.8, 4) is 0 Å². The van der Waals surface area contributed by atoms with Crippen molar-refractivity contribution < 1.29 is 13.5 Å². The first-order valence-electron chi connectivity index (χ1n) is 11.3. The molecule has 1 aliphatic carbocycles. The van der Waals surface area contributed by atoms with E-state index in [4.69, 9.17) is 6.57 Å². The van der Waals surface area contributed by atoms with Crippen molar-refractivity contribution in [1.29, 1.82) is 0 Å². The quantitative estimate of drug-likeness (QED) is 0.176. The van der Waals surface area contributed by atoms with E-state index >= 15 is 0 Å². The van der Waals surface area contributed by atoms with Crippen LogP contribution in [0.2, 0.25) is 0 Å². The number of anilines is 1. The molecule has 4 N–H and O–H groups in total. The van der Waals surface area contributed by atoms with Crippen LogP contribution in [0.1, 0.15) is 35.2 Å². The third-order valence-electron chi connectivity index (χ3n) is 5.91. The Labute approximate surface area is 205 Å². The molecule has 0 fully saturated rings. The zero-order valence-corrected chi connectivity index (χ0v) is 20.1. The van der Waals surface area contributed by atoms with Gasteiger partial charge in [-0.25, -0.2) is 18.1 Å². The van der Waals surface area contributed by atoms with Crippen molar-refractivity contribution in [1.82, 2.24) is 10.1 Å². The van der Waals surface area contributed by atoms with Crippen LogP contribution >= 0.6 is 0 Å². The second-order valence-electron chi connectivity index (χ2n) is 8.28. The summed E-state index contributed by atoms with van der Waals surface area (Å²) >= 11 is 0. The van der Waals surface area contributed by atoms with Crippen molar-refractivity contribution in [3.63, 3.8) is 0 Å². The second-order valence-corrected chi connectivity index (χ2v) is 9.99. The smallest absolute Gasteiger partial charge is 0.267 e. The van der Waals surface area contributed by atoms with E-state index in [2.05, 4.69) is 25.4 Å². The number of hydrogen-bond acceptors (Lipinski definition) is 4. The van der Waals surface area contributed by atoms with Gasteiger partial charge < -0.3 is 10.4 Å². The van der Waals surface area contributed by atoms with Crippen molar-refractivity contribution in [2.45, 2.75) is 43.4 Å². The van der Waals surface area contributed by atoms with Gasteiger partial charge in [0.05, 0.1) is 23.6 Å². The molecule has 3 aromatic carbocycles. The molecule has 180 valence electrons. The molecule has 0 saturated heterocycles. The maximum atomic E-state index is 13.0. The molecular formula is C26H27N5O3S. The van der Waals surface area contributed by atoms with Gasteiger partial charge in [0.2, 0.25) is 10.0 Å². The fourth-order valence-corrected chi connectivity index (χ4v) is 5.28. The summed E-state index contributed by atoms with van der Waals surface area (Å²) in [5.41, 5.74) is 6.73. The number of hydrogen-bond donors (Lipinski definition) is 4. The number of guanidine groups is 1. The second kappa shape index (κ2) is 10.7. The van der Waals surface area contributed by atoms with Crippen LogP contribution in [0.3, 0.4) is 0 Å². The van der Waals surface area contributed by atoms with Gasteiger partial charge in [-0.15, -0.1) is 0 Å². The van der Waals surface area contributed by atoms with E-state index < -0.39 is 22.2 Å². The van der Waals surface area contributed by atoms with Gasteiger partial charge in [-0.2, -0.15) is 11.5 Å². The first-order valence-corrected chi connectivity index (χ1v) is 12.8. The van der Waals surface area contributed by atoms with Gasteiger partial charge in [-0.3, -0.25) is 0 Å². The van der Waals surface area contributed by atoms with Gasteiger partial charge in [0.25, 0.3) is 5.96 Å². The molecule has 1 aliphatic rings. The molecule has 0 heterocycles. The summed E-state index contributed by atoms with van der Waals surface area (Å²) in [7, 11) is -3.83. The molecule has 4 rings (SSSR count). The van der Waals surface area contributed by atoms with Crippen LogP contribution in [-0.4, -0.2) is 25.6 Å². The summed E-state index contributed by atoms with van der Waals surface area (Å²) < 4.78 is 28.7. The average molecular weight is 490 g/mol. The fraction of sp³-hybridized carbons (Fsp3) is 0.231. The third-order valence-corrected chi connectivity index (χ3v) is 7.36. The summed E-state index contributed by atoms with van der Waals surface area (Å²) in [6.45, 7) is 9.54. The highest BCUT2D eigenvalue weighted by Gasteiger charge is 2.34. The van der Waals surface area contributed by atoms with Crippen LogP contribution in [0.5, 0.6) is 0 Å². The van der Waals surface area contributed by atoms with Crippen molar-refractivity contribution in [2.75, 3.05) is 5.32 Å². The monoisotopic (exact) mass is 489 g/mol. The molecule has 0 spiro atoms. The highest BCUT2D eigenvalue weighted by atomic mass is 32.2. The molecule has 0 unspecified atom stereocenters. The molecule has 35 heavy (non-hydrogen) atoms. The lowest BCUT2D eigenvalue weighted by atomic mass is 10.1. The lowest BCUT2D eigenvalue weighted by molar-refractivity contribution is 0.151. The number of aliphatic imine (C=N–C) groups is 1. The van der Waals surface area contributed by atoms with E-state index in [-0.39, 0.29) is 10.9 Å². The van der Waals surface area contributed by atoms with Crippen LogP contribution in [0.4, 0.5) is 5.69 Å². The topological polar surface area (TPSA) is 107 Å². The Morgan fingerprint density at radius 2 is 1.83 bits per heavy atom. The number of rotatable bonds is 7. The maximum Gasteiger partial charge on any atom is 0.267 e. The number of nitrogens with zero attached hydrogens (tertiary/aromatic N) is 2. The minimum Gasteiger partial charge on any atom is -0.391 e. The number of benzene rings is 3. The molecule has 3 aromatic rings. The highest BCUT2D eigenvalue weighted by molar-refractivity contribution is 7.89. The van der Waals surface area contributed by atoms with E-state index in [0.29, 0.717) is 24.2 Å². The molecule has 0 amide bonds. The van der Waals surface area contributed by atoms with Crippen LogP contribution in [0.15, 0.2) is 82.7 Å². The number of aliphatic hydroxyl groups excluding tert-OH is 1. The SMILES string of the molecule is [C-]#[N+]NC(=NCc1ccccc1)Nc1ccc2c(c1)[C@@H](NS(=O)(=O)c1ccc(CC)cc1)[C@H](O)C2. The Morgan fingerprint density at radius 3 is 2.51 bits per heavy atom. The number of nitrogens with one attached hydrogen (secondary N) is 3. The van der Waals surface area contributed by atoms with Gasteiger partial charge in [0.15, 0.2) is 0 Å².